The molecule has 1 atom stereocenters. The molecule has 1 aromatic heterocycles. The molecule has 1 heterocycles. The summed E-state index contributed by atoms with van der Waals surface area (Å²) in [5.74, 6) is 2.38. The van der Waals surface area contributed by atoms with E-state index in [1.165, 1.54) is 29.2 Å². The first-order valence-corrected chi connectivity index (χ1v) is 11.9. The number of halogens is 2. The Morgan fingerprint density at radius 2 is 2.10 bits per heavy atom. The summed E-state index contributed by atoms with van der Waals surface area (Å²) in [7, 11) is -0.973. The van der Waals surface area contributed by atoms with Crippen LogP contribution in [0.2, 0.25) is 0 Å². The molecule has 1 aromatic carbocycles. The van der Waals surface area contributed by atoms with Crippen molar-refractivity contribution in [3.8, 4) is 23.0 Å². The molecule has 0 bridgehead atoms. The molecule has 29 heavy (non-hydrogen) atoms. The first-order chi connectivity index (χ1) is 13.6. The van der Waals surface area contributed by atoms with Gasteiger partial charge in [-0.05, 0) is 43.7 Å². The highest BCUT2D eigenvalue weighted by molar-refractivity contribution is 8.35. The largest absolute Gasteiger partial charge is 0.481 e. The summed E-state index contributed by atoms with van der Waals surface area (Å²) in [4.78, 5) is 3.85. The second kappa shape index (κ2) is 7.70. The lowest BCUT2D eigenvalue weighted by atomic mass is 9.86. The highest BCUT2D eigenvalue weighted by Gasteiger charge is 2.62. The zero-order valence-electron chi connectivity index (χ0n) is 16.6. The van der Waals surface area contributed by atoms with Gasteiger partial charge < -0.3 is 14.4 Å². The van der Waals surface area contributed by atoms with E-state index in [-0.39, 0.29) is 43.0 Å². The van der Waals surface area contributed by atoms with Crippen LogP contribution in [0.5, 0.6) is 5.75 Å². The van der Waals surface area contributed by atoms with Crippen LogP contribution in [0.3, 0.4) is 0 Å². The molecule has 1 unspecified atom stereocenters. The highest BCUT2D eigenvalue weighted by atomic mass is 32.3. The molecule has 0 amide bonds. The number of imidazole rings is 1. The first-order valence-electron chi connectivity index (χ1n) is 9.00. The fraction of sp³-hybridized carbons (Fsp3) is 0.429. The number of nitrogens with zero attached hydrogens (tertiary/aromatic N) is 3. The average Bonchev–Trinajstić information content (AvgIpc) is 3.25. The van der Waals surface area contributed by atoms with Gasteiger partial charge in [-0.25, -0.2) is 13.8 Å². The van der Waals surface area contributed by atoms with E-state index in [0.717, 1.165) is 6.07 Å². The third-order valence-electron chi connectivity index (χ3n) is 4.73. The molecule has 0 saturated heterocycles. The van der Waals surface area contributed by atoms with Crippen LogP contribution in [0.25, 0.3) is 0 Å². The van der Waals surface area contributed by atoms with Gasteiger partial charge in [0.2, 0.25) is 0 Å². The molecule has 154 valence electrons. The zero-order valence-corrected chi connectivity index (χ0v) is 17.4. The minimum absolute atomic E-state index is 0.112. The molecule has 0 aliphatic heterocycles. The van der Waals surface area contributed by atoms with Crippen molar-refractivity contribution in [3.05, 3.63) is 47.8 Å². The lowest BCUT2D eigenvalue weighted by Crippen LogP contribution is -2.43. The molecule has 1 fully saturated rings. The van der Waals surface area contributed by atoms with Crippen molar-refractivity contribution in [3.63, 3.8) is 0 Å². The van der Waals surface area contributed by atoms with Gasteiger partial charge in [-0.3, -0.25) is 0 Å². The Morgan fingerprint density at radius 3 is 2.69 bits per heavy atom. The Hall–Kier alpha value is -2.55. The normalized spacial score (nSPS) is 17.4. The minimum Gasteiger partial charge on any atom is -0.481 e. The van der Waals surface area contributed by atoms with Gasteiger partial charge in [0, 0.05) is 11.6 Å². The number of aromatic nitrogens is 2. The SMILES string of the molecule is CS(C)(C)C#CCOc1ccc(C(O)(Cn2cncc2C#N)C2(F)CC2)c(F)c1. The summed E-state index contributed by atoms with van der Waals surface area (Å²) in [6, 6.07) is 5.86. The van der Waals surface area contributed by atoms with E-state index in [2.05, 4.69) is 34.9 Å². The Labute approximate surface area is 170 Å². The van der Waals surface area contributed by atoms with Gasteiger partial charge >= 0.3 is 0 Å². The number of benzene rings is 1. The Morgan fingerprint density at radius 1 is 1.38 bits per heavy atom. The molecule has 3 rings (SSSR count). The van der Waals surface area contributed by atoms with Crippen molar-refractivity contribution in [2.75, 3.05) is 25.4 Å². The summed E-state index contributed by atoms with van der Waals surface area (Å²) >= 11 is 0. The van der Waals surface area contributed by atoms with E-state index in [1.807, 2.05) is 6.07 Å². The number of alkyl halides is 1. The van der Waals surface area contributed by atoms with Crippen molar-refractivity contribution >= 4 is 10.0 Å². The lowest BCUT2D eigenvalue weighted by molar-refractivity contribution is -0.0722. The predicted molar refractivity (Wildman–Crippen MR) is 109 cm³/mol. The van der Waals surface area contributed by atoms with Gasteiger partial charge in [-0.15, -0.1) is 0 Å². The van der Waals surface area contributed by atoms with Gasteiger partial charge in [-0.2, -0.15) is 15.3 Å². The Bertz CT molecular complexity index is 1010. The van der Waals surface area contributed by atoms with E-state index < -0.39 is 27.1 Å². The maximum Gasteiger partial charge on any atom is 0.149 e. The smallest absolute Gasteiger partial charge is 0.149 e. The standard InChI is InChI=1S/C21H23F2N3O2S/c1-29(2,3)10-4-9-28-17-5-6-18(19(22)11-17)21(27,20(23)7-8-20)14-26-15-25-13-16(26)12-24/h5-6,11,13,15,27H,7-9,14H2,1-3H3. The van der Waals surface area contributed by atoms with E-state index in [9.17, 15) is 9.50 Å². The zero-order chi connectivity index (χ0) is 21.3. The quantitative estimate of drug-likeness (QED) is 0.730. The van der Waals surface area contributed by atoms with Crippen LogP contribution in [0.1, 0.15) is 24.1 Å². The van der Waals surface area contributed by atoms with Crippen LogP contribution in [0, 0.1) is 28.3 Å². The summed E-state index contributed by atoms with van der Waals surface area (Å²) in [5, 5.41) is 23.5. The van der Waals surface area contributed by atoms with Crippen LogP contribution in [0.4, 0.5) is 8.78 Å². The third kappa shape index (κ3) is 4.55. The van der Waals surface area contributed by atoms with Crippen LogP contribution in [0.15, 0.2) is 30.7 Å². The number of ether oxygens (including phenoxy) is 1. The Kier molecular flexibility index (Phi) is 5.62. The number of hydrogen-bond acceptors (Lipinski definition) is 4. The van der Waals surface area contributed by atoms with Crippen LogP contribution in [-0.2, 0) is 12.1 Å². The van der Waals surface area contributed by atoms with Gasteiger partial charge in [0.05, 0.1) is 19.1 Å². The molecular formula is C21H23F2N3O2S. The van der Waals surface area contributed by atoms with Crippen molar-refractivity contribution in [2.45, 2.75) is 30.7 Å². The highest BCUT2D eigenvalue weighted by Crippen LogP contribution is 2.54. The maximum atomic E-state index is 15.1. The second-order valence-electron chi connectivity index (χ2n) is 7.89. The van der Waals surface area contributed by atoms with Crippen molar-refractivity contribution in [1.29, 1.82) is 5.26 Å². The van der Waals surface area contributed by atoms with Crippen molar-refractivity contribution in [2.24, 2.45) is 0 Å². The van der Waals surface area contributed by atoms with Crippen molar-refractivity contribution < 1.29 is 18.6 Å². The van der Waals surface area contributed by atoms with Gasteiger partial charge in [0.25, 0.3) is 0 Å². The molecular weight excluding hydrogens is 396 g/mol. The van der Waals surface area contributed by atoms with E-state index in [0.29, 0.717) is 0 Å². The predicted octanol–water partition coefficient (Wildman–Crippen LogP) is 3.32. The van der Waals surface area contributed by atoms with Gasteiger partial charge in [0.15, 0.2) is 0 Å². The first kappa shape index (κ1) is 21.2. The molecule has 1 aliphatic rings. The molecule has 0 radical (unpaired) electrons. The summed E-state index contributed by atoms with van der Waals surface area (Å²) in [6.45, 7) is -0.204. The molecule has 8 heteroatoms. The maximum absolute atomic E-state index is 15.1. The minimum atomic E-state index is -2.13. The van der Waals surface area contributed by atoms with E-state index in [1.54, 1.807) is 0 Å². The van der Waals surface area contributed by atoms with Crippen LogP contribution >= 0.6 is 10.0 Å². The summed E-state index contributed by atoms with van der Waals surface area (Å²) in [6.07, 6.45) is 9.02. The second-order valence-corrected chi connectivity index (χ2v) is 11.8. The van der Waals surface area contributed by atoms with E-state index in [4.69, 9.17) is 10.00 Å². The van der Waals surface area contributed by atoms with Gasteiger partial charge in [-0.1, -0.05) is 11.2 Å². The topological polar surface area (TPSA) is 71.1 Å². The average molecular weight is 419 g/mol. The summed E-state index contributed by atoms with van der Waals surface area (Å²) < 4.78 is 36.8. The third-order valence-corrected chi connectivity index (χ3v) is 5.49. The fourth-order valence-corrected chi connectivity index (χ4v) is 3.56. The summed E-state index contributed by atoms with van der Waals surface area (Å²) in [5.41, 5.74) is -4.11. The number of rotatable bonds is 6. The van der Waals surface area contributed by atoms with E-state index >= 15 is 4.39 Å². The molecule has 2 aromatic rings. The Balaban J connectivity index is 1.86. The fourth-order valence-electron chi connectivity index (χ4n) is 3.06. The number of nitriles is 1. The molecule has 1 aliphatic carbocycles. The number of aliphatic hydroxyl groups is 1. The van der Waals surface area contributed by atoms with Gasteiger partial charge in [0.1, 0.15) is 41.2 Å². The monoisotopic (exact) mass is 419 g/mol. The molecule has 5 nitrogen and oxygen atoms in total. The lowest BCUT2D eigenvalue weighted by Gasteiger charge is -2.33. The van der Waals surface area contributed by atoms with Crippen LogP contribution in [-0.4, -0.2) is 45.7 Å². The molecule has 1 N–H and O–H groups in total. The van der Waals surface area contributed by atoms with Crippen LogP contribution < -0.4 is 4.74 Å². The number of hydrogen-bond donors (Lipinski definition) is 1. The molecule has 0 spiro atoms. The van der Waals surface area contributed by atoms with Crippen molar-refractivity contribution in [1.82, 2.24) is 9.55 Å². The molecule has 1 saturated carbocycles.